The number of nitrogens with one attached hydrogen (secondary N) is 2. The number of hydrogen-bond donors (Lipinski definition) is 2. The molecule has 2 amide bonds. The highest BCUT2D eigenvalue weighted by Crippen LogP contribution is 2.22. The number of rotatable bonds is 4. The van der Waals surface area contributed by atoms with Crippen LogP contribution in [0.1, 0.15) is 33.2 Å². The molecule has 5 nitrogen and oxygen atoms in total. The molecule has 0 atom stereocenters. The number of hydrazine groups is 1. The van der Waals surface area contributed by atoms with E-state index in [1.807, 2.05) is 19.1 Å². The van der Waals surface area contributed by atoms with E-state index in [1.165, 1.54) is 13.2 Å². The van der Waals surface area contributed by atoms with E-state index in [0.29, 0.717) is 16.3 Å². The summed E-state index contributed by atoms with van der Waals surface area (Å²) in [6.07, 6.45) is 0.896. The van der Waals surface area contributed by atoms with E-state index in [0.717, 1.165) is 12.0 Å². The number of benzene rings is 2. The molecule has 0 aliphatic carbocycles. The van der Waals surface area contributed by atoms with Crippen LogP contribution in [-0.2, 0) is 6.42 Å². The fourth-order valence-electron chi connectivity index (χ4n) is 2.00. The summed E-state index contributed by atoms with van der Waals surface area (Å²) in [4.78, 5) is 24.2. The largest absolute Gasteiger partial charge is 0.496 e. The van der Waals surface area contributed by atoms with Crippen molar-refractivity contribution >= 4 is 23.4 Å². The van der Waals surface area contributed by atoms with Gasteiger partial charge in [-0.1, -0.05) is 30.7 Å². The molecular weight excluding hydrogens is 316 g/mol. The van der Waals surface area contributed by atoms with Gasteiger partial charge in [0.2, 0.25) is 0 Å². The Morgan fingerprint density at radius 2 is 1.70 bits per heavy atom. The fraction of sp³-hybridized carbons (Fsp3) is 0.176. The van der Waals surface area contributed by atoms with Crippen molar-refractivity contribution in [2.24, 2.45) is 0 Å². The molecule has 0 aromatic heterocycles. The van der Waals surface area contributed by atoms with Gasteiger partial charge >= 0.3 is 0 Å². The molecule has 0 aliphatic heterocycles. The Balaban J connectivity index is 2.03. The maximum atomic E-state index is 12.1. The lowest BCUT2D eigenvalue weighted by Gasteiger charge is -2.11. The molecule has 23 heavy (non-hydrogen) atoms. The fourth-order valence-corrected chi connectivity index (χ4v) is 2.17. The van der Waals surface area contributed by atoms with Gasteiger partial charge in [0.05, 0.1) is 12.7 Å². The molecule has 0 fully saturated rings. The van der Waals surface area contributed by atoms with Gasteiger partial charge in [0.1, 0.15) is 5.75 Å². The zero-order chi connectivity index (χ0) is 16.8. The first-order valence-electron chi connectivity index (χ1n) is 7.08. The topological polar surface area (TPSA) is 67.4 Å². The van der Waals surface area contributed by atoms with Crippen molar-refractivity contribution in [1.29, 1.82) is 0 Å². The van der Waals surface area contributed by atoms with Gasteiger partial charge < -0.3 is 4.74 Å². The van der Waals surface area contributed by atoms with Crippen molar-refractivity contribution < 1.29 is 14.3 Å². The first-order valence-corrected chi connectivity index (χ1v) is 7.46. The quantitative estimate of drug-likeness (QED) is 0.846. The summed E-state index contributed by atoms with van der Waals surface area (Å²) >= 11 is 5.88. The zero-order valence-electron chi connectivity index (χ0n) is 12.9. The highest BCUT2D eigenvalue weighted by Gasteiger charge is 2.14. The second-order valence-corrected chi connectivity index (χ2v) is 5.24. The molecular formula is C17H17ClN2O3. The van der Waals surface area contributed by atoms with Gasteiger partial charge in [-0.3, -0.25) is 20.4 Å². The Labute approximate surface area is 139 Å². The number of halogens is 1. The number of carbonyl (C=O) groups is 2. The van der Waals surface area contributed by atoms with Gasteiger partial charge in [-0.15, -0.1) is 0 Å². The van der Waals surface area contributed by atoms with E-state index in [9.17, 15) is 9.59 Å². The van der Waals surface area contributed by atoms with Crippen molar-refractivity contribution in [2.75, 3.05) is 7.11 Å². The average Bonchev–Trinajstić information content (AvgIpc) is 2.59. The third kappa shape index (κ3) is 4.23. The maximum Gasteiger partial charge on any atom is 0.273 e. The van der Waals surface area contributed by atoms with Crippen LogP contribution >= 0.6 is 11.6 Å². The summed E-state index contributed by atoms with van der Waals surface area (Å²) in [6, 6.07) is 11.8. The lowest BCUT2D eigenvalue weighted by molar-refractivity contribution is 0.0845. The molecule has 2 aromatic carbocycles. The second kappa shape index (κ2) is 7.65. The predicted octanol–water partition coefficient (Wildman–Crippen LogP) is 2.99. The van der Waals surface area contributed by atoms with Crippen LogP contribution in [0.3, 0.4) is 0 Å². The second-order valence-electron chi connectivity index (χ2n) is 4.80. The minimum absolute atomic E-state index is 0.238. The van der Waals surface area contributed by atoms with Crippen LogP contribution in [0.25, 0.3) is 0 Å². The summed E-state index contributed by atoms with van der Waals surface area (Å²) in [5, 5.41) is 0.400. The van der Waals surface area contributed by atoms with Crippen molar-refractivity contribution in [3.63, 3.8) is 0 Å². The van der Waals surface area contributed by atoms with E-state index in [1.54, 1.807) is 24.3 Å². The number of methoxy groups -OCH3 is 1. The third-order valence-electron chi connectivity index (χ3n) is 3.32. The van der Waals surface area contributed by atoms with Crippen LogP contribution < -0.4 is 15.6 Å². The number of hydrogen-bond acceptors (Lipinski definition) is 3. The highest BCUT2D eigenvalue weighted by atomic mass is 35.5. The Morgan fingerprint density at radius 1 is 1.04 bits per heavy atom. The molecule has 0 unspecified atom stereocenters. The van der Waals surface area contributed by atoms with Gasteiger partial charge in [0.15, 0.2) is 0 Å². The molecule has 6 heteroatoms. The van der Waals surface area contributed by atoms with E-state index in [4.69, 9.17) is 16.3 Å². The average molecular weight is 333 g/mol. The van der Waals surface area contributed by atoms with Gasteiger partial charge in [0.25, 0.3) is 11.8 Å². The predicted molar refractivity (Wildman–Crippen MR) is 88.8 cm³/mol. The van der Waals surface area contributed by atoms with Crippen molar-refractivity contribution in [3.8, 4) is 5.75 Å². The van der Waals surface area contributed by atoms with Gasteiger partial charge in [-0.05, 0) is 42.3 Å². The highest BCUT2D eigenvalue weighted by molar-refractivity contribution is 6.31. The standard InChI is InChI=1S/C17H17ClN2O3/c1-3-11-4-6-12(7-5-11)16(21)19-20-17(22)14-10-13(18)8-9-15(14)23-2/h4-10H,3H2,1-2H3,(H,19,21)(H,20,22). The Hall–Kier alpha value is -2.53. The van der Waals surface area contributed by atoms with E-state index < -0.39 is 11.8 Å². The summed E-state index contributed by atoms with van der Waals surface area (Å²) in [6.45, 7) is 2.04. The summed E-state index contributed by atoms with van der Waals surface area (Å²) in [5.41, 5.74) is 6.55. The number of amides is 2. The Kier molecular flexibility index (Phi) is 5.60. The van der Waals surface area contributed by atoms with E-state index in [-0.39, 0.29) is 5.56 Å². The van der Waals surface area contributed by atoms with Crippen molar-refractivity contribution in [1.82, 2.24) is 10.9 Å². The monoisotopic (exact) mass is 332 g/mol. The molecule has 0 radical (unpaired) electrons. The van der Waals surface area contributed by atoms with Crippen LogP contribution in [0.15, 0.2) is 42.5 Å². The lowest BCUT2D eigenvalue weighted by atomic mass is 10.1. The van der Waals surface area contributed by atoms with Crippen molar-refractivity contribution in [2.45, 2.75) is 13.3 Å². The maximum absolute atomic E-state index is 12.1. The molecule has 0 saturated carbocycles. The molecule has 0 aliphatic rings. The first kappa shape index (κ1) is 16.8. The minimum Gasteiger partial charge on any atom is -0.496 e. The zero-order valence-corrected chi connectivity index (χ0v) is 13.6. The first-order chi connectivity index (χ1) is 11.0. The molecule has 120 valence electrons. The molecule has 0 saturated heterocycles. The molecule has 0 bridgehead atoms. The van der Waals surface area contributed by atoms with Crippen LogP contribution in [0.2, 0.25) is 5.02 Å². The molecule has 2 rings (SSSR count). The molecule has 2 aromatic rings. The van der Waals surface area contributed by atoms with Crippen LogP contribution in [-0.4, -0.2) is 18.9 Å². The molecule has 2 N–H and O–H groups in total. The summed E-state index contributed by atoms with van der Waals surface area (Å²) in [5.74, 6) is -0.543. The number of aryl methyl sites for hydroxylation is 1. The molecule has 0 spiro atoms. The van der Waals surface area contributed by atoms with Gasteiger partial charge in [-0.2, -0.15) is 0 Å². The SMILES string of the molecule is CCc1ccc(C(=O)NNC(=O)c2cc(Cl)ccc2OC)cc1. The van der Waals surface area contributed by atoms with Crippen LogP contribution in [0, 0.1) is 0 Å². The number of ether oxygens (including phenoxy) is 1. The summed E-state index contributed by atoms with van der Waals surface area (Å²) < 4.78 is 5.11. The smallest absolute Gasteiger partial charge is 0.273 e. The molecule has 0 heterocycles. The van der Waals surface area contributed by atoms with Gasteiger partial charge in [-0.25, -0.2) is 0 Å². The number of carbonyl (C=O) groups excluding carboxylic acids is 2. The van der Waals surface area contributed by atoms with E-state index in [2.05, 4.69) is 10.9 Å². The minimum atomic E-state index is -0.511. The van der Waals surface area contributed by atoms with Crippen LogP contribution in [0.4, 0.5) is 0 Å². The van der Waals surface area contributed by atoms with Crippen LogP contribution in [0.5, 0.6) is 5.75 Å². The normalized spacial score (nSPS) is 10.0. The lowest BCUT2D eigenvalue weighted by Crippen LogP contribution is -2.41. The Bertz CT molecular complexity index is 714. The van der Waals surface area contributed by atoms with Gasteiger partial charge in [0, 0.05) is 10.6 Å². The summed E-state index contributed by atoms with van der Waals surface area (Å²) in [7, 11) is 1.45. The third-order valence-corrected chi connectivity index (χ3v) is 3.56. The Morgan fingerprint density at radius 3 is 2.30 bits per heavy atom. The van der Waals surface area contributed by atoms with Crippen molar-refractivity contribution in [3.05, 3.63) is 64.2 Å². The van der Waals surface area contributed by atoms with E-state index >= 15 is 0 Å².